The minimum atomic E-state index is 0.523. The third-order valence-electron chi connectivity index (χ3n) is 1.96. The van der Waals surface area contributed by atoms with Crippen molar-refractivity contribution in [2.45, 2.75) is 13.5 Å². The smallest absolute Gasteiger partial charge is 0.142 e. The molecule has 0 bridgehead atoms. The molecule has 2 heterocycles. The Morgan fingerprint density at radius 3 is 2.80 bits per heavy atom. The highest BCUT2D eigenvalue weighted by Crippen LogP contribution is 2.13. The van der Waals surface area contributed by atoms with E-state index in [4.69, 9.17) is 5.73 Å². The van der Waals surface area contributed by atoms with E-state index in [0.717, 1.165) is 17.1 Å². The molecule has 15 heavy (non-hydrogen) atoms. The predicted molar refractivity (Wildman–Crippen MR) is 57.1 cm³/mol. The Kier molecular flexibility index (Phi) is 2.49. The summed E-state index contributed by atoms with van der Waals surface area (Å²) in [5.74, 6) is 0.523. The zero-order valence-electron chi connectivity index (χ0n) is 8.36. The number of nitrogens with zero attached hydrogens (tertiary/aromatic N) is 3. The summed E-state index contributed by atoms with van der Waals surface area (Å²) < 4.78 is 0. The number of aromatic amines is 1. The lowest BCUT2D eigenvalue weighted by atomic mass is 10.4. The van der Waals surface area contributed by atoms with Crippen molar-refractivity contribution in [3.63, 3.8) is 0 Å². The molecule has 0 saturated heterocycles. The second kappa shape index (κ2) is 3.95. The van der Waals surface area contributed by atoms with Crippen molar-refractivity contribution in [3.8, 4) is 0 Å². The molecule has 0 aliphatic heterocycles. The fourth-order valence-corrected chi connectivity index (χ4v) is 1.13. The van der Waals surface area contributed by atoms with Gasteiger partial charge in [-0.05, 0) is 6.92 Å². The average Bonchev–Trinajstić information content (AvgIpc) is 2.63. The van der Waals surface area contributed by atoms with Gasteiger partial charge in [-0.2, -0.15) is 5.10 Å². The Hall–Kier alpha value is -2.11. The number of nitrogen functional groups attached to an aromatic ring is 1. The molecule has 0 amide bonds. The van der Waals surface area contributed by atoms with Gasteiger partial charge >= 0.3 is 0 Å². The van der Waals surface area contributed by atoms with Gasteiger partial charge in [0.25, 0.3) is 0 Å². The van der Waals surface area contributed by atoms with Gasteiger partial charge in [0.15, 0.2) is 0 Å². The molecule has 0 unspecified atom stereocenters. The van der Waals surface area contributed by atoms with Crippen LogP contribution in [0, 0.1) is 6.92 Å². The molecular formula is C9H12N6. The van der Waals surface area contributed by atoms with Crippen LogP contribution < -0.4 is 11.1 Å². The molecule has 6 heteroatoms. The Morgan fingerprint density at radius 1 is 1.33 bits per heavy atom. The summed E-state index contributed by atoms with van der Waals surface area (Å²) in [6.45, 7) is 2.48. The van der Waals surface area contributed by atoms with Crippen molar-refractivity contribution in [2.75, 3.05) is 11.1 Å². The average molecular weight is 204 g/mol. The van der Waals surface area contributed by atoms with E-state index in [-0.39, 0.29) is 0 Å². The maximum Gasteiger partial charge on any atom is 0.142 e. The second-order valence-corrected chi connectivity index (χ2v) is 3.20. The van der Waals surface area contributed by atoms with Crippen molar-refractivity contribution in [2.24, 2.45) is 0 Å². The number of anilines is 2. The van der Waals surface area contributed by atoms with Crippen LogP contribution in [-0.2, 0) is 6.54 Å². The van der Waals surface area contributed by atoms with Crippen LogP contribution in [0.25, 0.3) is 0 Å². The van der Waals surface area contributed by atoms with E-state index in [0.29, 0.717) is 12.4 Å². The molecule has 0 aromatic carbocycles. The maximum absolute atomic E-state index is 5.61. The van der Waals surface area contributed by atoms with E-state index in [1.165, 1.54) is 0 Å². The van der Waals surface area contributed by atoms with E-state index >= 15 is 0 Å². The van der Waals surface area contributed by atoms with Crippen LogP contribution in [0.5, 0.6) is 0 Å². The largest absolute Gasteiger partial charge is 0.382 e. The number of aromatic nitrogens is 4. The van der Waals surface area contributed by atoms with E-state index in [1.54, 1.807) is 18.6 Å². The van der Waals surface area contributed by atoms with Crippen LogP contribution in [-0.4, -0.2) is 20.2 Å². The van der Waals surface area contributed by atoms with Gasteiger partial charge in [-0.1, -0.05) is 0 Å². The summed E-state index contributed by atoms with van der Waals surface area (Å²) in [6, 6.07) is 0. The predicted octanol–water partition coefficient (Wildman–Crippen LogP) is 0.702. The van der Waals surface area contributed by atoms with Crippen molar-refractivity contribution in [3.05, 3.63) is 30.0 Å². The lowest BCUT2D eigenvalue weighted by molar-refractivity contribution is 0.985. The highest BCUT2D eigenvalue weighted by molar-refractivity contribution is 5.59. The number of rotatable bonds is 3. The molecule has 2 aromatic rings. The van der Waals surface area contributed by atoms with Gasteiger partial charge in [0.05, 0.1) is 36.0 Å². The van der Waals surface area contributed by atoms with Gasteiger partial charge < -0.3 is 11.1 Å². The summed E-state index contributed by atoms with van der Waals surface area (Å²) in [7, 11) is 0. The molecule has 0 atom stereocenters. The van der Waals surface area contributed by atoms with Crippen molar-refractivity contribution in [1.29, 1.82) is 0 Å². The molecule has 6 nitrogen and oxygen atoms in total. The monoisotopic (exact) mass is 204 g/mol. The minimum absolute atomic E-state index is 0.523. The summed E-state index contributed by atoms with van der Waals surface area (Å²) in [6.07, 6.45) is 5.10. The van der Waals surface area contributed by atoms with Gasteiger partial charge in [-0.15, -0.1) is 0 Å². The first-order valence-electron chi connectivity index (χ1n) is 4.56. The maximum atomic E-state index is 5.61. The Bertz CT molecular complexity index is 432. The number of aryl methyl sites for hydroxylation is 1. The summed E-state index contributed by atoms with van der Waals surface area (Å²) >= 11 is 0. The quantitative estimate of drug-likeness (QED) is 0.684. The number of hydrogen-bond donors (Lipinski definition) is 3. The fourth-order valence-electron chi connectivity index (χ4n) is 1.13. The van der Waals surface area contributed by atoms with E-state index in [9.17, 15) is 0 Å². The normalized spacial score (nSPS) is 10.2. The Balaban J connectivity index is 1.99. The molecular weight excluding hydrogens is 192 g/mol. The minimum Gasteiger partial charge on any atom is -0.382 e. The zero-order valence-corrected chi connectivity index (χ0v) is 8.36. The number of nitrogens with one attached hydrogen (secondary N) is 2. The number of nitrogens with two attached hydrogens (primary N) is 1. The third kappa shape index (κ3) is 2.22. The Morgan fingerprint density at radius 2 is 2.20 bits per heavy atom. The second-order valence-electron chi connectivity index (χ2n) is 3.20. The molecule has 0 spiro atoms. The SMILES string of the molecule is Cc1cnc(CNc2cn[nH]c2N)cn1. The molecule has 0 radical (unpaired) electrons. The molecule has 0 fully saturated rings. The highest BCUT2D eigenvalue weighted by atomic mass is 15.2. The third-order valence-corrected chi connectivity index (χ3v) is 1.96. The number of H-pyrrole nitrogens is 1. The van der Waals surface area contributed by atoms with E-state index < -0.39 is 0 Å². The van der Waals surface area contributed by atoms with Crippen molar-refractivity contribution >= 4 is 11.5 Å². The number of hydrogen-bond acceptors (Lipinski definition) is 5. The van der Waals surface area contributed by atoms with E-state index in [2.05, 4.69) is 25.5 Å². The van der Waals surface area contributed by atoms with Crippen LogP contribution in [0.1, 0.15) is 11.4 Å². The van der Waals surface area contributed by atoms with Crippen molar-refractivity contribution < 1.29 is 0 Å². The topological polar surface area (TPSA) is 92.5 Å². The van der Waals surface area contributed by atoms with Crippen LogP contribution in [0.4, 0.5) is 11.5 Å². The molecule has 78 valence electrons. The molecule has 0 saturated carbocycles. The van der Waals surface area contributed by atoms with Crippen LogP contribution in [0.3, 0.4) is 0 Å². The lowest BCUT2D eigenvalue weighted by Crippen LogP contribution is -2.03. The zero-order chi connectivity index (χ0) is 10.7. The molecule has 0 aliphatic rings. The van der Waals surface area contributed by atoms with Gasteiger partial charge in [0.1, 0.15) is 5.82 Å². The molecule has 0 aliphatic carbocycles. The van der Waals surface area contributed by atoms with Gasteiger partial charge in [0.2, 0.25) is 0 Å². The summed E-state index contributed by atoms with van der Waals surface area (Å²) in [5.41, 5.74) is 8.15. The standard InChI is InChI=1S/C9H12N6/c1-6-2-12-7(3-11-6)4-13-8-5-14-15-9(8)10/h2-3,5,13H,4H2,1H3,(H3,10,14,15). The molecule has 2 aromatic heterocycles. The van der Waals surface area contributed by atoms with Gasteiger partial charge in [-0.3, -0.25) is 15.1 Å². The van der Waals surface area contributed by atoms with Crippen molar-refractivity contribution in [1.82, 2.24) is 20.2 Å². The fraction of sp³-hybridized carbons (Fsp3) is 0.222. The summed E-state index contributed by atoms with van der Waals surface area (Å²) in [4.78, 5) is 8.36. The first kappa shape index (κ1) is 9.45. The van der Waals surface area contributed by atoms with E-state index in [1.807, 2.05) is 6.92 Å². The molecule has 2 rings (SSSR count). The first-order valence-corrected chi connectivity index (χ1v) is 4.56. The molecule has 4 N–H and O–H groups in total. The van der Waals surface area contributed by atoms with Gasteiger partial charge in [-0.25, -0.2) is 0 Å². The Labute approximate surface area is 86.9 Å². The van der Waals surface area contributed by atoms with Crippen LogP contribution in [0.15, 0.2) is 18.6 Å². The van der Waals surface area contributed by atoms with Crippen LogP contribution >= 0.6 is 0 Å². The lowest BCUT2D eigenvalue weighted by Gasteiger charge is -2.03. The van der Waals surface area contributed by atoms with Gasteiger partial charge in [0, 0.05) is 6.20 Å². The first-order chi connectivity index (χ1) is 7.25. The summed E-state index contributed by atoms with van der Waals surface area (Å²) in [5, 5.41) is 9.55. The highest BCUT2D eigenvalue weighted by Gasteiger charge is 2.00. The van der Waals surface area contributed by atoms with Crippen LogP contribution in [0.2, 0.25) is 0 Å².